The summed E-state index contributed by atoms with van der Waals surface area (Å²) in [5, 5.41) is 0. The highest BCUT2D eigenvalue weighted by Gasteiger charge is 2.14. The molecule has 1 aromatic carbocycles. The fourth-order valence-electron chi connectivity index (χ4n) is 1.53. The number of hydrogen-bond donors (Lipinski definition) is 1. The highest BCUT2D eigenvalue weighted by atomic mass is 16.5. The molecule has 0 unspecified atom stereocenters. The number of anilines is 1. The molecule has 2 nitrogen and oxygen atoms in total. The molecule has 0 fully saturated rings. The van der Waals surface area contributed by atoms with Gasteiger partial charge in [0.2, 0.25) is 0 Å². The summed E-state index contributed by atoms with van der Waals surface area (Å²) in [5.41, 5.74) is 7.64. The van der Waals surface area contributed by atoms with Crippen LogP contribution in [0.15, 0.2) is 24.3 Å². The van der Waals surface area contributed by atoms with Crippen LogP contribution in [-0.2, 0) is 4.74 Å². The van der Waals surface area contributed by atoms with E-state index in [0.29, 0.717) is 5.92 Å². The van der Waals surface area contributed by atoms with Crippen molar-refractivity contribution in [3.05, 3.63) is 29.8 Å². The zero-order chi connectivity index (χ0) is 9.84. The summed E-state index contributed by atoms with van der Waals surface area (Å²) < 4.78 is 5.40. The Morgan fingerprint density at radius 1 is 1.31 bits per heavy atom. The molecule has 0 aliphatic heterocycles. The second kappa shape index (κ2) is 4.28. The van der Waals surface area contributed by atoms with Gasteiger partial charge in [-0.2, -0.15) is 0 Å². The quantitative estimate of drug-likeness (QED) is 0.724. The molecule has 13 heavy (non-hydrogen) atoms. The second-order valence-electron chi connectivity index (χ2n) is 3.57. The number of ether oxygens (including phenoxy) is 1. The van der Waals surface area contributed by atoms with E-state index < -0.39 is 0 Å². The molecular weight excluding hydrogens is 162 g/mol. The van der Waals surface area contributed by atoms with Crippen LogP contribution in [0, 0.1) is 5.92 Å². The SMILES string of the molecule is CO[C@H](c1cccc(N)c1)C(C)C. The predicted octanol–water partition coefficient (Wildman–Crippen LogP) is 2.61. The average molecular weight is 179 g/mol. The summed E-state index contributed by atoms with van der Waals surface area (Å²) in [7, 11) is 1.73. The molecule has 0 saturated heterocycles. The van der Waals surface area contributed by atoms with E-state index in [1.54, 1.807) is 7.11 Å². The molecule has 0 spiro atoms. The molecule has 0 bridgehead atoms. The third-order valence-corrected chi connectivity index (χ3v) is 2.10. The van der Waals surface area contributed by atoms with E-state index in [4.69, 9.17) is 10.5 Å². The van der Waals surface area contributed by atoms with Crippen LogP contribution in [0.3, 0.4) is 0 Å². The Kier molecular flexibility index (Phi) is 3.32. The first kappa shape index (κ1) is 10.1. The van der Waals surface area contributed by atoms with Gasteiger partial charge >= 0.3 is 0 Å². The molecule has 1 rings (SSSR count). The highest BCUT2D eigenvalue weighted by molar-refractivity contribution is 5.41. The summed E-state index contributed by atoms with van der Waals surface area (Å²) in [5.74, 6) is 0.465. The minimum Gasteiger partial charge on any atom is -0.399 e. The highest BCUT2D eigenvalue weighted by Crippen LogP contribution is 2.25. The van der Waals surface area contributed by atoms with Crippen LogP contribution in [0.25, 0.3) is 0 Å². The van der Waals surface area contributed by atoms with E-state index in [9.17, 15) is 0 Å². The van der Waals surface area contributed by atoms with Gasteiger partial charge in [-0.3, -0.25) is 0 Å². The molecule has 72 valence electrons. The maximum atomic E-state index is 5.70. The van der Waals surface area contributed by atoms with E-state index in [-0.39, 0.29) is 6.10 Å². The van der Waals surface area contributed by atoms with Crippen molar-refractivity contribution in [2.75, 3.05) is 12.8 Å². The molecule has 0 radical (unpaired) electrons. The van der Waals surface area contributed by atoms with Gasteiger partial charge in [0.15, 0.2) is 0 Å². The lowest BCUT2D eigenvalue weighted by Gasteiger charge is -2.19. The van der Waals surface area contributed by atoms with Crippen molar-refractivity contribution in [2.45, 2.75) is 20.0 Å². The molecule has 0 heterocycles. The molecule has 0 saturated carbocycles. The summed E-state index contributed by atoms with van der Waals surface area (Å²) >= 11 is 0. The van der Waals surface area contributed by atoms with Crippen LogP contribution in [0.5, 0.6) is 0 Å². The number of benzene rings is 1. The topological polar surface area (TPSA) is 35.2 Å². The normalized spacial score (nSPS) is 13.2. The fourth-order valence-corrected chi connectivity index (χ4v) is 1.53. The first-order valence-electron chi connectivity index (χ1n) is 4.53. The van der Waals surface area contributed by atoms with Gasteiger partial charge in [-0.1, -0.05) is 26.0 Å². The van der Waals surface area contributed by atoms with Gasteiger partial charge in [0.1, 0.15) is 0 Å². The predicted molar refractivity (Wildman–Crippen MR) is 55.4 cm³/mol. The van der Waals surface area contributed by atoms with Gasteiger partial charge in [-0.15, -0.1) is 0 Å². The zero-order valence-electron chi connectivity index (χ0n) is 8.45. The summed E-state index contributed by atoms with van der Waals surface area (Å²) in [6.07, 6.45) is 0.142. The van der Waals surface area contributed by atoms with Crippen LogP contribution >= 0.6 is 0 Å². The first-order valence-corrected chi connectivity index (χ1v) is 4.53. The van der Waals surface area contributed by atoms with E-state index in [0.717, 1.165) is 11.3 Å². The Morgan fingerprint density at radius 2 is 2.00 bits per heavy atom. The molecule has 0 aliphatic rings. The molecule has 1 atom stereocenters. The monoisotopic (exact) mass is 179 g/mol. The number of rotatable bonds is 3. The third-order valence-electron chi connectivity index (χ3n) is 2.10. The average Bonchev–Trinajstić information content (AvgIpc) is 2.04. The van der Waals surface area contributed by atoms with E-state index in [1.807, 2.05) is 24.3 Å². The molecule has 1 aromatic rings. The minimum absolute atomic E-state index is 0.142. The van der Waals surface area contributed by atoms with E-state index >= 15 is 0 Å². The van der Waals surface area contributed by atoms with Gasteiger partial charge < -0.3 is 10.5 Å². The van der Waals surface area contributed by atoms with Gasteiger partial charge in [0, 0.05) is 12.8 Å². The van der Waals surface area contributed by atoms with Crippen LogP contribution < -0.4 is 5.73 Å². The molecule has 2 heteroatoms. The first-order chi connectivity index (χ1) is 6.15. The van der Waals surface area contributed by atoms with Crippen molar-refractivity contribution in [2.24, 2.45) is 5.92 Å². The third kappa shape index (κ3) is 2.46. The van der Waals surface area contributed by atoms with Crippen LogP contribution in [-0.4, -0.2) is 7.11 Å². The van der Waals surface area contributed by atoms with E-state index in [1.165, 1.54) is 0 Å². The van der Waals surface area contributed by atoms with Crippen molar-refractivity contribution in [3.8, 4) is 0 Å². The summed E-state index contributed by atoms with van der Waals surface area (Å²) in [6, 6.07) is 7.86. The Morgan fingerprint density at radius 3 is 2.46 bits per heavy atom. The maximum Gasteiger partial charge on any atom is 0.0844 e. The maximum absolute atomic E-state index is 5.70. The van der Waals surface area contributed by atoms with Crippen LogP contribution in [0.1, 0.15) is 25.5 Å². The van der Waals surface area contributed by atoms with Crippen LogP contribution in [0.4, 0.5) is 5.69 Å². The minimum atomic E-state index is 0.142. The number of nitrogens with two attached hydrogens (primary N) is 1. The lowest BCUT2D eigenvalue weighted by atomic mass is 9.99. The molecular formula is C11H17NO. The second-order valence-corrected chi connectivity index (χ2v) is 3.57. The van der Waals surface area contributed by atoms with Gasteiger partial charge in [-0.25, -0.2) is 0 Å². The Bertz CT molecular complexity index is 271. The fraction of sp³-hybridized carbons (Fsp3) is 0.455. The lowest BCUT2D eigenvalue weighted by molar-refractivity contribution is 0.0647. The molecule has 0 aromatic heterocycles. The van der Waals surface area contributed by atoms with Crippen LogP contribution in [0.2, 0.25) is 0 Å². The van der Waals surface area contributed by atoms with Gasteiger partial charge in [0.05, 0.1) is 6.10 Å². The number of hydrogen-bond acceptors (Lipinski definition) is 2. The smallest absolute Gasteiger partial charge is 0.0844 e. The van der Waals surface area contributed by atoms with E-state index in [2.05, 4.69) is 13.8 Å². The summed E-state index contributed by atoms with van der Waals surface area (Å²) in [6.45, 7) is 4.27. The van der Waals surface area contributed by atoms with Crippen molar-refractivity contribution in [1.29, 1.82) is 0 Å². The Labute approximate surface area is 79.7 Å². The molecule has 2 N–H and O–H groups in total. The Balaban J connectivity index is 2.91. The summed E-state index contributed by atoms with van der Waals surface area (Å²) in [4.78, 5) is 0. The standard InChI is InChI=1S/C11H17NO/c1-8(2)11(13-3)9-5-4-6-10(12)7-9/h4-8,11H,12H2,1-3H3/t11-/m0/s1. The zero-order valence-corrected chi connectivity index (χ0v) is 8.45. The molecule has 0 aliphatic carbocycles. The van der Waals surface area contributed by atoms with Gasteiger partial charge in [-0.05, 0) is 23.6 Å². The largest absolute Gasteiger partial charge is 0.399 e. The van der Waals surface area contributed by atoms with Crippen molar-refractivity contribution < 1.29 is 4.74 Å². The van der Waals surface area contributed by atoms with Crippen molar-refractivity contribution in [1.82, 2.24) is 0 Å². The van der Waals surface area contributed by atoms with Gasteiger partial charge in [0.25, 0.3) is 0 Å². The molecule has 0 amide bonds. The number of nitrogen functional groups attached to an aromatic ring is 1. The van der Waals surface area contributed by atoms with Crippen molar-refractivity contribution in [3.63, 3.8) is 0 Å². The Hall–Kier alpha value is -1.02. The van der Waals surface area contributed by atoms with Crippen molar-refractivity contribution >= 4 is 5.69 Å². The number of methoxy groups -OCH3 is 1. The lowest BCUT2D eigenvalue weighted by Crippen LogP contribution is -2.08.